The van der Waals surface area contributed by atoms with E-state index in [2.05, 4.69) is 16.0 Å². The van der Waals surface area contributed by atoms with Crippen molar-refractivity contribution in [2.24, 2.45) is 23.2 Å². The second kappa shape index (κ2) is 17.1. The molecule has 1 aliphatic heterocycles. The molecule has 0 aromatic carbocycles. The van der Waals surface area contributed by atoms with Crippen molar-refractivity contribution in [3.05, 3.63) is 0 Å². The van der Waals surface area contributed by atoms with Gasteiger partial charge in [-0.1, -0.05) is 87.0 Å². The Morgan fingerprint density at radius 2 is 1.50 bits per heavy atom. The van der Waals surface area contributed by atoms with Crippen LogP contribution in [0, 0.1) is 23.2 Å². The summed E-state index contributed by atoms with van der Waals surface area (Å²) < 4.78 is 0. The molecule has 0 aromatic heterocycles. The molecule has 3 N–H and O–H groups in total. The zero-order chi connectivity index (χ0) is 33.2. The average molecular weight is 619 g/mol. The minimum absolute atomic E-state index is 0.0599. The largest absolute Gasteiger partial charge is 0.344 e. The molecule has 1 saturated heterocycles. The normalized spacial score (nSPS) is 20.5. The van der Waals surface area contributed by atoms with Gasteiger partial charge in [-0.25, -0.2) is 4.79 Å². The summed E-state index contributed by atoms with van der Waals surface area (Å²) in [5.41, 5.74) is -0.522. The lowest BCUT2D eigenvalue weighted by molar-refractivity contribution is -0.144. The zero-order valence-corrected chi connectivity index (χ0v) is 28.4. The van der Waals surface area contributed by atoms with Crippen molar-refractivity contribution in [2.45, 2.75) is 150 Å². The molecule has 4 atom stereocenters. The Balaban J connectivity index is 2.31. The Morgan fingerprint density at radius 1 is 0.864 bits per heavy atom. The summed E-state index contributed by atoms with van der Waals surface area (Å²) in [6, 6.07) is -3.95. The highest BCUT2D eigenvalue weighted by atomic mass is 16.2. The van der Waals surface area contributed by atoms with Crippen LogP contribution in [0.3, 0.4) is 0 Å². The topological polar surface area (TPSA) is 142 Å². The number of carbonyl (C=O) groups is 6. The standard InChI is InChI=1S/C34H58N4O6/c1-21(2)18-27(31(42)35-26(29(41)23(5)39)20-24-14-13-15-24)38-17-12-10-9-11-16-25(32(38)43)36-33(44)37-30(34(6,7)8)28(40)19-22(3)4/h21-22,24-27,30H,9-20H2,1-8H3,(H,35,42)(H2,36,37,44)/t25-,26?,27-,30+/m0/s1. The minimum Gasteiger partial charge on any atom is -0.344 e. The van der Waals surface area contributed by atoms with Crippen molar-refractivity contribution in [2.75, 3.05) is 6.54 Å². The van der Waals surface area contributed by atoms with E-state index in [9.17, 15) is 28.8 Å². The smallest absolute Gasteiger partial charge is 0.316 e. The van der Waals surface area contributed by atoms with Crippen LogP contribution in [0.4, 0.5) is 4.79 Å². The fraction of sp³-hybridized carbons (Fsp3) is 0.824. The van der Waals surface area contributed by atoms with Gasteiger partial charge in [-0.05, 0) is 48.9 Å². The van der Waals surface area contributed by atoms with Crippen LogP contribution in [0.1, 0.15) is 126 Å². The number of hydrogen-bond donors (Lipinski definition) is 3. The molecule has 0 bridgehead atoms. The number of nitrogens with zero attached hydrogens (tertiary/aromatic N) is 1. The van der Waals surface area contributed by atoms with Gasteiger partial charge in [-0.15, -0.1) is 0 Å². The molecule has 2 rings (SSSR count). The number of urea groups is 1. The van der Waals surface area contributed by atoms with E-state index in [-0.39, 0.29) is 29.4 Å². The van der Waals surface area contributed by atoms with Crippen LogP contribution in [-0.4, -0.2) is 70.8 Å². The van der Waals surface area contributed by atoms with Crippen LogP contribution in [0.15, 0.2) is 0 Å². The lowest BCUT2D eigenvalue weighted by Crippen LogP contribution is -2.60. The second-order valence-corrected chi connectivity index (χ2v) is 14.9. The lowest BCUT2D eigenvalue weighted by Gasteiger charge is -2.36. The third kappa shape index (κ3) is 11.6. The first-order valence-electron chi connectivity index (χ1n) is 16.8. The average Bonchev–Trinajstić information content (AvgIpc) is 2.96. The molecule has 2 aliphatic rings. The summed E-state index contributed by atoms with van der Waals surface area (Å²) >= 11 is 0. The van der Waals surface area contributed by atoms with Crippen LogP contribution in [0.5, 0.6) is 0 Å². The number of carbonyl (C=O) groups excluding carboxylic acids is 6. The first kappa shape index (κ1) is 37.4. The number of Topliss-reactive ketones (excluding diaryl/α,β-unsaturated/α-hetero) is 3. The van der Waals surface area contributed by atoms with Crippen molar-refractivity contribution in [3.63, 3.8) is 0 Å². The molecule has 0 radical (unpaired) electrons. The molecule has 250 valence electrons. The predicted molar refractivity (Wildman–Crippen MR) is 171 cm³/mol. The van der Waals surface area contributed by atoms with Gasteiger partial charge in [-0.3, -0.25) is 24.0 Å². The third-order valence-electron chi connectivity index (χ3n) is 8.75. The number of nitrogens with one attached hydrogen (secondary N) is 3. The SMILES string of the molecule is CC(=O)C(=O)C(CC1CCC1)NC(=O)[C@H](CC(C)C)N1CCCCCC[C@H](NC(=O)N[C@H](C(=O)CC(C)C)C(C)(C)C)C1=O. The molecule has 1 saturated carbocycles. The van der Waals surface area contributed by atoms with Crippen LogP contribution in [0.25, 0.3) is 0 Å². The second-order valence-electron chi connectivity index (χ2n) is 14.9. The van der Waals surface area contributed by atoms with E-state index in [0.717, 1.165) is 38.5 Å². The number of rotatable bonds is 14. The molecular formula is C34H58N4O6. The Morgan fingerprint density at radius 3 is 2.02 bits per heavy atom. The summed E-state index contributed by atoms with van der Waals surface area (Å²) in [6.07, 6.45) is 7.73. The Kier molecular flexibility index (Phi) is 14.5. The van der Waals surface area contributed by atoms with Crippen LogP contribution < -0.4 is 16.0 Å². The monoisotopic (exact) mass is 618 g/mol. The fourth-order valence-electron chi connectivity index (χ4n) is 6.12. The third-order valence-corrected chi connectivity index (χ3v) is 8.75. The lowest BCUT2D eigenvalue weighted by atomic mass is 9.79. The van der Waals surface area contributed by atoms with E-state index in [1.807, 2.05) is 48.5 Å². The molecule has 1 heterocycles. The maximum Gasteiger partial charge on any atom is 0.316 e. The van der Waals surface area contributed by atoms with Crippen molar-refractivity contribution in [1.29, 1.82) is 0 Å². The zero-order valence-electron chi connectivity index (χ0n) is 28.4. The van der Waals surface area contributed by atoms with Gasteiger partial charge in [0.25, 0.3) is 0 Å². The van der Waals surface area contributed by atoms with Crippen molar-refractivity contribution in [3.8, 4) is 0 Å². The molecule has 44 heavy (non-hydrogen) atoms. The summed E-state index contributed by atoms with van der Waals surface area (Å²) in [5.74, 6) is -1.56. The fourth-order valence-corrected chi connectivity index (χ4v) is 6.12. The van der Waals surface area contributed by atoms with E-state index in [0.29, 0.717) is 38.6 Å². The summed E-state index contributed by atoms with van der Waals surface area (Å²) in [5, 5.41) is 8.54. The number of ketones is 3. The Labute approximate surface area is 264 Å². The number of hydrogen-bond acceptors (Lipinski definition) is 6. The molecule has 4 amide bonds. The molecule has 2 fully saturated rings. The van der Waals surface area contributed by atoms with Gasteiger partial charge < -0.3 is 20.9 Å². The van der Waals surface area contributed by atoms with Gasteiger partial charge in [0, 0.05) is 19.9 Å². The predicted octanol–water partition coefficient (Wildman–Crippen LogP) is 4.72. The van der Waals surface area contributed by atoms with Crippen molar-refractivity contribution < 1.29 is 28.8 Å². The van der Waals surface area contributed by atoms with Crippen LogP contribution in [-0.2, 0) is 24.0 Å². The van der Waals surface area contributed by atoms with E-state index in [1.165, 1.54) is 6.92 Å². The van der Waals surface area contributed by atoms with Gasteiger partial charge in [-0.2, -0.15) is 0 Å². The summed E-state index contributed by atoms with van der Waals surface area (Å²) in [4.78, 5) is 80.7. The molecule has 1 unspecified atom stereocenters. The molecular weight excluding hydrogens is 560 g/mol. The van der Waals surface area contributed by atoms with E-state index < -0.39 is 53.1 Å². The first-order valence-corrected chi connectivity index (χ1v) is 16.8. The van der Waals surface area contributed by atoms with Gasteiger partial charge >= 0.3 is 6.03 Å². The van der Waals surface area contributed by atoms with E-state index >= 15 is 0 Å². The first-order chi connectivity index (χ1) is 20.5. The van der Waals surface area contributed by atoms with Crippen molar-refractivity contribution in [1.82, 2.24) is 20.9 Å². The molecule has 1 aliphatic carbocycles. The summed E-state index contributed by atoms with van der Waals surface area (Å²) in [7, 11) is 0. The van der Waals surface area contributed by atoms with Gasteiger partial charge in [0.05, 0.1) is 12.1 Å². The van der Waals surface area contributed by atoms with Crippen LogP contribution >= 0.6 is 0 Å². The molecule has 10 heteroatoms. The highest BCUT2D eigenvalue weighted by Crippen LogP contribution is 2.31. The summed E-state index contributed by atoms with van der Waals surface area (Å²) in [6.45, 7) is 15.1. The van der Waals surface area contributed by atoms with Gasteiger partial charge in [0.2, 0.25) is 17.6 Å². The number of amides is 4. The molecule has 0 aromatic rings. The molecule has 0 spiro atoms. The minimum atomic E-state index is -0.912. The van der Waals surface area contributed by atoms with E-state index in [1.54, 1.807) is 4.90 Å². The van der Waals surface area contributed by atoms with E-state index in [4.69, 9.17) is 0 Å². The highest BCUT2D eigenvalue weighted by Gasteiger charge is 2.39. The maximum absolute atomic E-state index is 14.2. The maximum atomic E-state index is 14.2. The van der Waals surface area contributed by atoms with Gasteiger partial charge in [0.1, 0.15) is 12.1 Å². The Hall–Kier alpha value is -2.78. The van der Waals surface area contributed by atoms with Gasteiger partial charge in [0.15, 0.2) is 11.6 Å². The molecule has 10 nitrogen and oxygen atoms in total. The Bertz CT molecular complexity index is 1030. The van der Waals surface area contributed by atoms with Crippen LogP contribution in [0.2, 0.25) is 0 Å². The highest BCUT2D eigenvalue weighted by molar-refractivity contribution is 6.38. The quantitative estimate of drug-likeness (QED) is 0.241. The van der Waals surface area contributed by atoms with Crippen molar-refractivity contribution >= 4 is 35.2 Å².